The molecule has 0 aliphatic carbocycles. The van der Waals surface area contributed by atoms with Crippen LogP contribution in [0.4, 0.5) is 8.78 Å². The van der Waals surface area contributed by atoms with Gasteiger partial charge in [-0.2, -0.15) is 8.78 Å². The SMILES string of the molecule is C[C@@H](NC(=O)[C@@H](CO)N1Cc2ccc(-c3nc(Cl)ncc3Cl)cc2C1=O)c1cccc(OC(F)F)c1. The minimum atomic E-state index is -2.98. The number of aliphatic hydroxyl groups excluding tert-OH is 1. The third-order valence-corrected chi connectivity index (χ3v) is 6.18. The zero-order chi connectivity index (χ0) is 26.0. The van der Waals surface area contributed by atoms with Gasteiger partial charge in [0.1, 0.15) is 11.8 Å². The van der Waals surface area contributed by atoms with E-state index in [0.29, 0.717) is 27.9 Å². The largest absolute Gasteiger partial charge is 0.435 e. The van der Waals surface area contributed by atoms with Crippen LogP contribution >= 0.6 is 23.2 Å². The van der Waals surface area contributed by atoms with Crippen LogP contribution in [-0.2, 0) is 11.3 Å². The quantitative estimate of drug-likeness (QED) is 0.417. The minimum Gasteiger partial charge on any atom is -0.435 e. The Morgan fingerprint density at radius 3 is 2.75 bits per heavy atom. The first-order valence-corrected chi connectivity index (χ1v) is 11.5. The van der Waals surface area contributed by atoms with Crippen molar-refractivity contribution in [3.05, 3.63) is 75.7 Å². The highest BCUT2D eigenvalue weighted by atomic mass is 35.5. The number of aromatic nitrogens is 2. The fraction of sp³-hybridized carbons (Fsp3) is 0.250. The first-order valence-electron chi connectivity index (χ1n) is 10.8. The highest BCUT2D eigenvalue weighted by Gasteiger charge is 2.37. The number of nitrogens with zero attached hydrogens (tertiary/aromatic N) is 3. The molecule has 0 radical (unpaired) electrons. The van der Waals surface area contributed by atoms with E-state index in [1.54, 1.807) is 31.2 Å². The lowest BCUT2D eigenvalue weighted by molar-refractivity contribution is -0.127. The zero-order valence-corrected chi connectivity index (χ0v) is 20.3. The average Bonchev–Trinajstić information content (AvgIpc) is 3.16. The van der Waals surface area contributed by atoms with Crippen LogP contribution in [-0.4, -0.2) is 51.0 Å². The third kappa shape index (κ3) is 5.40. The molecule has 2 atom stereocenters. The van der Waals surface area contributed by atoms with Crippen molar-refractivity contribution in [1.29, 1.82) is 0 Å². The van der Waals surface area contributed by atoms with Crippen molar-refractivity contribution in [2.45, 2.75) is 32.2 Å². The third-order valence-electron chi connectivity index (χ3n) is 5.72. The molecule has 2 heterocycles. The first kappa shape index (κ1) is 25.7. The number of alkyl halides is 2. The number of rotatable bonds is 8. The van der Waals surface area contributed by atoms with E-state index in [4.69, 9.17) is 23.2 Å². The van der Waals surface area contributed by atoms with Crippen LogP contribution in [0.5, 0.6) is 5.75 Å². The second-order valence-corrected chi connectivity index (χ2v) is 8.77. The lowest BCUT2D eigenvalue weighted by Gasteiger charge is -2.27. The summed E-state index contributed by atoms with van der Waals surface area (Å²) in [6, 6.07) is 9.19. The molecule has 12 heteroatoms. The Morgan fingerprint density at radius 1 is 1.25 bits per heavy atom. The van der Waals surface area contributed by atoms with Gasteiger partial charge in [-0.25, -0.2) is 9.97 Å². The zero-order valence-electron chi connectivity index (χ0n) is 18.8. The second-order valence-electron chi connectivity index (χ2n) is 8.02. The molecule has 2 aromatic carbocycles. The first-order chi connectivity index (χ1) is 17.2. The Kier molecular flexibility index (Phi) is 7.67. The summed E-state index contributed by atoms with van der Waals surface area (Å²) in [4.78, 5) is 35.4. The molecule has 2 N–H and O–H groups in total. The number of hydrogen-bond acceptors (Lipinski definition) is 6. The number of amides is 2. The molecule has 0 bridgehead atoms. The molecule has 36 heavy (non-hydrogen) atoms. The molecule has 8 nitrogen and oxygen atoms in total. The van der Waals surface area contributed by atoms with Crippen molar-refractivity contribution in [3.8, 4) is 17.0 Å². The van der Waals surface area contributed by atoms with Crippen LogP contribution in [0.2, 0.25) is 10.3 Å². The van der Waals surface area contributed by atoms with Crippen LogP contribution < -0.4 is 10.1 Å². The summed E-state index contributed by atoms with van der Waals surface area (Å²) in [5.41, 5.74) is 2.42. The summed E-state index contributed by atoms with van der Waals surface area (Å²) in [5.74, 6) is -1.09. The number of aliphatic hydroxyl groups is 1. The van der Waals surface area contributed by atoms with Crippen LogP contribution in [0.3, 0.4) is 0 Å². The maximum absolute atomic E-state index is 13.2. The normalized spacial score (nSPS) is 14.5. The summed E-state index contributed by atoms with van der Waals surface area (Å²) in [6.07, 6.45) is 1.36. The van der Waals surface area contributed by atoms with Gasteiger partial charge in [-0.05, 0) is 47.9 Å². The molecule has 0 spiro atoms. The van der Waals surface area contributed by atoms with Gasteiger partial charge in [0.25, 0.3) is 5.91 Å². The Labute approximate surface area is 214 Å². The highest BCUT2D eigenvalue weighted by molar-refractivity contribution is 6.33. The number of halogens is 4. The molecule has 2 amide bonds. The number of nitrogens with one attached hydrogen (secondary N) is 1. The van der Waals surface area contributed by atoms with E-state index >= 15 is 0 Å². The Morgan fingerprint density at radius 2 is 2.03 bits per heavy atom. The predicted octanol–water partition coefficient (Wildman–Crippen LogP) is 4.25. The molecule has 0 unspecified atom stereocenters. The molecule has 3 aromatic rings. The van der Waals surface area contributed by atoms with Crippen molar-refractivity contribution in [2.75, 3.05) is 6.61 Å². The minimum absolute atomic E-state index is 0.000270. The molecule has 0 saturated heterocycles. The molecule has 0 fully saturated rings. The molecule has 188 valence electrons. The number of fused-ring (bicyclic) bond motifs is 1. The molecule has 1 aliphatic heterocycles. The van der Waals surface area contributed by atoms with Gasteiger partial charge in [0.15, 0.2) is 0 Å². The fourth-order valence-corrected chi connectivity index (χ4v) is 4.28. The van der Waals surface area contributed by atoms with Gasteiger partial charge >= 0.3 is 6.61 Å². The Hall–Kier alpha value is -3.34. The van der Waals surface area contributed by atoms with Gasteiger partial charge in [0.05, 0.1) is 29.6 Å². The van der Waals surface area contributed by atoms with Crippen LogP contribution in [0.25, 0.3) is 11.3 Å². The van der Waals surface area contributed by atoms with Crippen molar-refractivity contribution in [2.24, 2.45) is 0 Å². The van der Waals surface area contributed by atoms with Gasteiger partial charge in [-0.15, -0.1) is 0 Å². The molecular formula is C24H20Cl2F2N4O4. The smallest absolute Gasteiger partial charge is 0.387 e. The van der Waals surface area contributed by atoms with E-state index in [2.05, 4.69) is 20.0 Å². The monoisotopic (exact) mass is 536 g/mol. The standard InChI is InChI=1S/C24H20Cl2F2N4O4/c1-12(13-3-2-4-16(7-13)36-24(27)28)30-21(34)19(11-33)32-10-15-6-5-14(8-17(15)22(32)35)20-18(25)9-29-23(26)31-20/h2-9,12,19,24,33H,10-11H2,1H3,(H,30,34)/t12-,19-/m1/s1. The van der Waals surface area contributed by atoms with Gasteiger partial charge in [-0.3, -0.25) is 9.59 Å². The van der Waals surface area contributed by atoms with Crippen molar-refractivity contribution in [1.82, 2.24) is 20.2 Å². The van der Waals surface area contributed by atoms with E-state index in [-0.39, 0.29) is 22.6 Å². The van der Waals surface area contributed by atoms with Crippen LogP contribution in [0, 0.1) is 0 Å². The maximum atomic E-state index is 13.2. The van der Waals surface area contributed by atoms with Crippen molar-refractivity contribution < 1.29 is 28.2 Å². The summed E-state index contributed by atoms with van der Waals surface area (Å²) < 4.78 is 29.4. The number of carbonyl (C=O) groups excluding carboxylic acids is 2. The Bertz CT molecular complexity index is 1310. The van der Waals surface area contributed by atoms with E-state index in [1.807, 2.05) is 0 Å². The summed E-state index contributed by atoms with van der Waals surface area (Å²) in [6.45, 7) is -1.84. The van der Waals surface area contributed by atoms with Gasteiger partial charge in [0, 0.05) is 17.7 Å². The summed E-state index contributed by atoms with van der Waals surface area (Å²) in [7, 11) is 0. The fourth-order valence-electron chi connectivity index (χ4n) is 3.95. The topological polar surface area (TPSA) is 105 Å². The average molecular weight is 537 g/mol. The predicted molar refractivity (Wildman–Crippen MR) is 128 cm³/mol. The molecule has 0 saturated carbocycles. The highest BCUT2D eigenvalue weighted by Crippen LogP contribution is 2.32. The van der Waals surface area contributed by atoms with E-state index < -0.39 is 37.1 Å². The Balaban J connectivity index is 1.51. The molecule has 4 rings (SSSR count). The van der Waals surface area contributed by atoms with E-state index in [0.717, 1.165) is 0 Å². The molecular weight excluding hydrogens is 517 g/mol. The maximum Gasteiger partial charge on any atom is 0.387 e. The number of ether oxygens (including phenoxy) is 1. The van der Waals surface area contributed by atoms with E-state index in [9.17, 15) is 23.5 Å². The van der Waals surface area contributed by atoms with Crippen molar-refractivity contribution >= 4 is 35.0 Å². The summed E-state index contributed by atoms with van der Waals surface area (Å²) in [5, 5.41) is 12.9. The lowest BCUT2D eigenvalue weighted by atomic mass is 10.0. The van der Waals surface area contributed by atoms with Crippen LogP contribution in [0.1, 0.15) is 34.5 Å². The van der Waals surface area contributed by atoms with Crippen molar-refractivity contribution in [3.63, 3.8) is 0 Å². The number of carbonyl (C=O) groups is 2. The van der Waals surface area contributed by atoms with Gasteiger partial charge in [-0.1, -0.05) is 35.9 Å². The van der Waals surface area contributed by atoms with Crippen LogP contribution in [0.15, 0.2) is 48.7 Å². The second kappa shape index (κ2) is 10.7. The lowest BCUT2D eigenvalue weighted by Crippen LogP contribution is -2.49. The van der Waals surface area contributed by atoms with Gasteiger partial charge < -0.3 is 20.1 Å². The van der Waals surface area contributed by atoms with Gasteiger partial charge in [0.2, 0.25) is 11.2 Å². The number of benzene rings is 2. The van der Waals surface area contributed by atoms with E-state index in [1.165, 1.54) is 29.3 Å². The number of hydrogen-bond donors (Lipinski definition) is 2. The summed E-state index contributed by atoms with van der Waals surface area (Å²) >= 11 is 12.1. The molecule has 1 aliphatic rings. The molecule has 1 aromatic heterocycles.